The molecule has 0 aliphatic heterocycles. The molecule has 14 heteroatoms. The number of aliphatic hydroxyl groups is 2. The van der Waals surface area contributed by atoms with Crippen molar-refractivity contribution in [2.75, 3.05) is 19.8 Å². The van der Waals surface area contributed by atoms with Crippen LogP contribution in [-0.4, -0.2) is 82.3 Å². The molecule has 336 valence electrons. The Hall–Kier alpha value is -4.20. The van der Waals surface area contributed by atoms with Crippen molar-refractivity contribution < 1.29 is 57.7 Å². The van der Waals surface area contributed by atoms with Gasteiger partial charge in [-0.05, 0) is 77.0 Å². The second-order valence-electron chi connectivity index (χ2n) is 13.4. The van der Waals surface area contributed by atoms with E-state index in [0.29, 0.717) is 32.1 Å². The van der Waals surface area contributed by atoms with Gasteiger partial charge in [0.15, 0.2) is 6.10 Å². The fourth-order valence-corrected chi connectivity index (χ4v) is 5.39. The van der Waals surface area contributed by atoms with Crippen molar-refractivity contribution in [3.05, 3.63) is 122 Å². The summed E-state index contributed by atoms with van der Waals surface area (Å²) in [6.45, 7) is 2.22. The maximum absolute atomic E-state index is 12.6. The molecule has 0 saturated heterocycles. The normalized spacial score (nSPS) is 16.0. The smallest absolute Gasteiger partial charge is 0.472 e. The number of carbonyl (C=O) groups is 3. The van der Waals surface area contributed by atoms with Crippen LogP contribution in [-0.2, 0) is 37.5 Å². The van der Waals surface area contributed by atoms with Crippen LogP contribution in [0.4, 0.5) is 0 Å². The number of nitrogens with two attached hydrogens (primary N) is 1. The minimum Gasteiger partial charge on any atom is -0.480 e. The highest BCUT2D eigenvalue weighted by molar-refractivity contribution is 7.47. The van der Waals surface area contributed by atoms with Crippen LogP contribution < -0.4 is 5.73 Å². The second kappa shape index (κ2) is 39.0. The molecule has 0 fully saturated rings. The summed E-state index contributed by atoms with van der Waals surface area (Å²) >= 11 is 0. The maximum atomic E-state index is 12.6. The number of aliphatic hydroxyl groups excluding tert-OH is 2. The summed E-state index contributed by atoms with van der Waals surface area (Å²) in [5.74, 6) is -2.66. The van der Waals surface area contributed by atoms with E-state index in [2.05, 4.69) is 54.0 Å². The van der Waals surface area contributed by atoms with Crippen LogP contribution in [0.3, 0.4) is 0 Å². The van der Waals surface area contributed by atoms with Gasteiger partial charge in [-0.3, -0.25) is 23.4 Å². The summed E-state index contributed by atoms with van der Waals surface area (Å²) in [6.07, 6.45) is 44.9. The molecule has 6 N–H and O–H groups in total. The quantitative estimate of drug-likeness (QED) is 0.0131. The van der Waals surface area contributed by atoms with Crippen molar-refractivity contribution in [2.45, 2.75) is 128 Å². The molecule has 5 atom stereocenters. The average Bonchev–Trinajstić information content (AvgIpc) is 3.21. The van der Waals surface area contributed by atoms with Gasteiger partial charge in [0.25, 0.3) is 0 Å². The summed E-state index contributed by atoms with van der Waals surface area (Å²) in [5, 5.41) is 28.9. The van der Waals surface area contributed by atoms with Crippen molar-refractivity contribution >= 4 is 25.7 Å². The van der Waals surface area contributed by atoms with Crippen LogP contribution in [0, 0.1) is 0 Å². The highest BCUT2D eigenvalue weighted by atomic mass is 31.2. The molecule has 0 aliphatic carbocycles. The Bertz CT molecular complexity index is 1510. The third-order valence-electron chi connectivity index (χ3n) is 7.88. The molecule has 0 rings (SSSR count). The molecule has 0 spiro atoms. The number of carboxylic acids is 1. The maximum Gasteiger partial charge on any atom is 0.472 e. The molecular formula is C46H70NO12P. The van der Waals surface area contributed by atoms with Crippen LogP contribution in [0.15, 0.2) is 122 Å². The Morgan fingerprint density at radius 3 is 1.82 bits per heavy atom. The van der Waals surface area contributed by atoms with Gasteiger partial charge in [-0.25, -0.2) is 4.57 Å². The van der Waals surface area contributed by atoms with Crippen molar-refractivity contribution in [3.8, 4) is 0 Å². The van der Waals surface area contributed by atoms with Crippen LogP contribution >= 0.6 is 7.82 Å². The molecule has 0 amide bonds. The van der Waals surface area contributed by atoms with E-state index >= 15 is 0 Å². The largest absolute Gasteiger partial charge is 0.480 e. The lowest BCUT2D eigenvalue weighted by molar-refractivity contribution is -0.161. The van der Waals surface area contributed by atoms with Gasteiger partial charge in [-0.1, -0.05) is 135 Å². The summed E-state index contributed by atoms with van der Waals surface area (Å²) in [7, 11) is -4.78. The standard InChI is InChI=1S/C46H70NO12P/c1-3-5-7-8-9-10-11-12-13-14-15-16-20-23-29-36-45(51)59-42(38-57-60(54,55)58-39-43(47)46(52)53)37-56-44(50)35-30-24-28-34-41(49)33-27-22-19-17-18-21-26-32-40(48)31-25-6-4-2/h5-7,9-10,12-13,15-16,18-19,21-22,25-28,32-34,40-43,48-49H,3-4,8,11,14,17,20,23-24,29-31,35-39,47H2,1-2H3,(H,52,53)(H,54,55)/b7-5-,10-9-,13-12-,16-15-,21-18-,22-19-,25-6-,32-26+,33-27+,34-28-/t40-,41-,42-,43+/m1/s1. The molecule has 0 heterocycles. The van der Waals surface area contributed by atoms with E-state index in [-0.39, 0.29) is 12.8 Å². The zero-order valence-electron chi connectivity index (χ0n) is 35.5. The Labute approximate surface area is 357 Å². The monoisotopic (exact) mass is 859 g/mol. The number of aliphatic carboxylic acids is 1. The molecule has 0 aromatic carbocycles. The number of carbonyl (C=O) groups excluding carboxylic acids is 2. The topological polar surface area (TPSA) is 212 Å². The molecule has 0 radical (unpaired) electrons. The van der Waals surface area contributed by atoms with Gasteiger partial charge in [0.2, 0.25) is 0 Å². The van der Waals surface area contributed by atoms with E-state index in [9.17, 15) is 34.1 Å². The summed E-state index contributed by atoms with van der Waals surface area (Å²) < 4.78 is 32.4. The Kier molecular flexibility index (Phi) is 36.2. The number of rotatable bonds is 36. The van der Waals surface area contributed by atoms with Gasteiger partial charge in [-0.2, -0.15) is 0 Å². The van der Waals surface area contributed by atoms with Crippen molar-refractivity contribution in [3.63, 3.8) is 0 Å². The second-order valence-corrected chi connectivity index (χ2v) is 14.9. The Morgan fingerprint density at radius 2 is 1.17 bits per heavy atom. The number of phosphoric acid groups is 1. The van der Waals surface area contributed by atoms with E-state index < -0.39 is 69.9 Å². The van der Waals surface area contributed by atoms with Gasteiger partial charge in [0.05, 0.1) is 25.4 Å². The fraction of sp³-hybridized carbons (Fsp3) is 0.500. The third-order valence-corrected chi connectivity index (χ3v) is 8.83. The minimum absolute atomic E-state index is 0.0179. The lowest BCUT2D eigenvalue weighted by Gasteiger charge is -2.20. The number of ether oxygens (including phenoxy) is 2. The predicted octanol–water partition coefficient (Wildman–Crippen LogP) is 8.77. The number of hydrogen-bond donors (Lipinski definition) is 5. The number of unbranched alkanes of at least 4 members (excludes halogenated alkanes) is 3. The Balaban J connectivity index is 4.73. The summed E-state index contributed by atoms with van der Waals surface area (Å²) in [4.78, 5) is 45.9. The van der Waals surface area contributed by atoms with Crippen molar-refractivity contribution in [2.24, 2.45) is 5.73 Å². The van der Waals surface area contributed by atoms with E-state index in [1.165, 1.54) is 0 Å². The van der Waals surface area contributed by atoms with Crippen LogP contribution in [0.5, 0.6) is 0 Å². The number of allylic oxidation sites excluding steroid dienone is 16. The number of hydrogen-bond acceptors (Lipinski definition) is 11. The van der Waals surface area contributed by atoms with Gasteiger partial charge in [-0.15, -0.1) is 0 Å². The van der Waals surface area contributed by atoms with E-state index in [0.717, 1.165) is 44.9 Å². The summed E-state index contributed by atoms with van der Waals surface area (Å²) in [6, 6.07) is -1.57. The first-order valence-electron chi connectivity index (χ1n) is 20.8. The first-order valence-corrected chi connectivity index (χ1v) is 22.3. The van der Waals surface area contributed by atoms with Crippen molar-refractivity contribution in [1.82, 2.24) is 0 Å². The zero-order chi connectivity index (χ0) is 44.5. The van der Waals surface area contributed by atoms with Crippen molar-refractivity contribution in [1.29, 1.82) is 0 Å². The average molecular weight is 860 g/mol. The van der Waals surface area contributed by atoms with Gasteiger partial charge in [0.1, 0.15) is 12.6 Å². The lowest BCUT2D eigenvalue weighted by atomic mass is 10.2. The molecule has 0 aliphatic rings. The van der Waals surface area contributed by atoms with E-state index in [1.54, 1.807) is 30.4 Å². The Morgan fingerprint density at radius 1 is 0.617 bits per heavy atom. The number of esters is 2. The fourth-order valence-electron chi connectivity index (χ4n) is 4.62. The molecular weight excluding hydrogens is 789 g/mol. The van der Waals surface area contributed by atoms with Gasteiger partial charge < -0.3 is 35.4 Å². The minimum atomic E-state index is -4.78. The zero-order valence-corrected chi connectivity index (χ0v) is 36.4. The molecule has 13 nitrogen and oxygen atoms in total. The van der Waals surface area contributed by atoms with Crippen LogP contribution in [0.2, 0.25) is 0 Å². The van der Waals surface area contributed by atoms with Crippen LogP contribution in [0.1, 0.15) is 104 Å². The molecule has 0 bridgehead atoms. The highest BCUT2D eigenvalue weighted by Gasteiger charge is 2.28. The molecule has 1 unspecified atom stereocenters. The number of carboxylic acid groups (broad SMARTS) is 1. The van der Waals surface area contributed by atoms with Gasteiger partial charge >= 0.3 is 25.7 Å². The van der Waals surface area contributed by atoms with Gasteiger partial charge in [0, 0.05) is 12.8 Å². The highest BCUT2D eigenvalue weighted by Crippen LogP contribution is 2.43. The van der Waals surface area contributed by atoms with E-state index in [1.807, 2.05) is 55.5 Å². The summed E-state index contributed by atoms with van der Waals surface area (Å²) in [5.41, 5.74) is 5.31. The SMILES string of the molecule is CC/C=C\C/C=C\C/C=C\C/C=C\CCCCC(=O)O[C@H](COC(=O)CCC/C=C\[C@H](O)/C=C/C=C\C/C=C\C=C\[C@H](O)C/C=C\CC)COP(=O)(O)OC[C@H](N)C(=O)O. The number of phosphoric ester groups is 1. The first-order chi connectivity index (χ1) is 28.9. The first kappa shape index (κ1) is 55.8. The lowest BCUT2D eigenvalue weighted by Crippen LogP contribution is -2.34. The predicted molar refractivity (Wildman–Crippen MR) is 238 cm³/mol. The van der Waals surface area contributed by atoms with E-state index in [4.69, 9.17) is 24.8 Å². The molecule has 0 aromatic rings. The van der Waals surface area contributed by atoms with Crippen LogP contribution in [0.25, 0.3) is 0 Å². The molecule has 0 aromatic heterocycles. The third kappa shape index (κ3) is 38.0. The molecule has 0 saturated carbocycles. The molecule has 60 heavy (non-hydrogen) atoms.